The number of nitrogens with one attached hydrogen (secondary N) is 5. The zero-order valence-electron chi connectivity index (χ0n) is 13.2. The zero-order valence-corrected chi connectivity index (χ0v) is 13.2. The van der Waals surface area contributed by atoms with E-state index in [4.69, 9.17) is 0 Å². The Balaban J connectivity index is 1.63. The molecule has 0 saturated heterocycles. The molecule has 1 amide bonds. The van der Waals surface area contributed by atoms with Gasteiger partial charge in [0.1, 0.15) is 6.04 Å². The smallest absolute Gasteiger partial charge is 0.342 e. The standard InChI is InChI=1S/C15H15N7O3/c1-8(18-12-14(24)19-15(25)22-20-12)13(23)21-17-7-9-6-16-11-5-3-2-4-10(9)11/h2-8,16H,1H3,(H,18,20)(H,21,23)(H2,19,22,24,25)/b17-7-/t8-/m1/s1. The number of aromatic nitrogens is 4. The number of para-hydroxylation sites is 1. The van der Waals surface area contributed by atoms with Gasteiger partial charge >= 0.3 is 5.69 Å². The summed E-state index contributed by atoms with van der Waals surface area (Å²) in [4.78, 5) is 39.6. The summed E-state index contributed by atoms with van der Waals surface area (Å²) in [5.74, 6) is -0.633. The summed E-state index contributed by atoms with van der Waals surface area (Å²) in [6, 6.07) is 6.91. The average Bonchev–Trinajstić information content (AvgIpc) is 3.00. The Morgan fingerprint density at radius 1 is 1.32 bits per heavy atom. The van der Waals surface area contributed by atoms with Crippen molar-refractivity contribution < 1.29 is 4.79 Å². The second-order valence-electron chi connectivity index (χ2n) is 5.25. The highest BCUT2D eigenvalue weighted by Gasteiger charge is 2.14. The Bertz CT molecular complexity index is 1050. The molecule has 0 radical (unpaired) electrons. The predicted octanol–water partition coefficient (Wildman–Crippen LogP) is -0.110. The number of fused-ring (bicyclic) bond motifs is 1. The van der Waals surface area contributed by atoms with E-state index in [2.05, 4.69) is 31.0 Å². The molecule has 1 atom stereocenters. The first-order valence-corrected chi connectivity index (χ1v) is 7.39. The fourth-order valence-electron chi connectivity index (χ4n) is 2.18. The Labute approximate surface area is 140 Å². The van der Waals surface area contributed by atoms with Crippen molar-refractivity contribution in [1.29, 1.82) is 0 Å². The Morgan fingerprint density at radius 3 is 2.92 bits per heavy atom. The van der Waals surface area contributed by atoms with Gasteiger partial charge in [-0.05, 0) is 13.0 Å². The highest BCUT2D eigenvalue weighted by atomic mass is 16.2. The van der Waals surface area contributed by atoms with Crippen molar-refractivity contribution in [3.8, 4) is 0 Å². The van der Waals surface area contributed by atoms with Crippen molar-refractivity contribution in [3.05, 3.63) is 56.9 Å². The number of aromatic amines is 3. The molecule has 25 heavy (non-hydrogen) atoms. The number of nitrogens with zero attached hydrogens (tertiary/aromatic N) is 2. The topological polar surface area (TPSA) is 148 Å². The molecule has 2 heterocycles. The molecule has 3 rings (SSSR count). The molecule has 10 heteroatoms. The van der Waals surface area contributed by atoms with Crippen molar-refractivity contribution in [3.63, 3.8) is 0 Å². The number of hydrogen-bond donors (Lipinski definition) is 5. The lowest BCUT2D eigenvalue weighted by Gasteiger charge is -2.11. The first kappa shape index (κ1) is 16.2. The van der Waals surface area contributed by atoms with Crippen LogP contribution < -0.4 is 22.0 Å². The van der Waals surface area contributed by atoms with Crippen molar-refractivity contribution in [2.24, 2.45) is 5.10 Å². The quantitative estimate of drug-likeness (QED) is 0.324. The average molecular weight is 341 g/mol. The molecular formula is C15H15N7O3. The third kappa shape index (κ3) is 3.63. The number of rotatable bonds is 5. The minimum atomic E-state index is -0.792. The number of H-pyrrole nitrogens is 3. The SMILES string of the molecule is C[C@@H](Nc1n[nH]c(=O)[nH]c1=O)C(=O)N/N=C\c1c[nH]c2ccccc12. The van der Waals surface area contributed by atoms with Crippen LogP contribution in [0.3, 0.4) is 0 Å². The number of hydrazone groups is 1. The van der Waals surface area contributed by atoms with Gasteiger partial charge < -0.3 is 10.3 Å². The van der Waals surface area contributed by atoms with Gasteiger partial charge in [-0.2, -0.15) is 5.10 Å². The van der Waals surface area contributed by atoms with Crippen LogP contribution in [0.4, 0.5) is 5.82 Å². The van der Waals surface area contributed by atoms with Gasteiger partial charge in [-0.25, -0.2) is 15.3 Å². The third-order valence-electron chi connectivity index (χ3n) is 3.46. The van der Waals surface area contributed by atoms with Crippen LogP contribution in [0.5, 0.6) is 0 Å². The van der Waals surface area contributed by atoms with Crippen LogP contribution in [-0.2, 0) is 4.79 Å². The maximum atomic E-state index is 12.0. The Hall–Kier alpha value is -3.69. The summed E-state index contributed by atoms with van der Waals surface area (Å²) in [6.45, 7) is 1.53. The van der Waals surface area contributed by atoms with Gasteiger partial charge in [-0.1, -0.05) is 18.2 Å². The monoisotopic (exact) mass is 341 g/mol. The van der Waals surface area contributed by atoms with Crippen LogP contribution >= 0.6 is 0 Å². The summed E-state index contributed by atoms with van der Waals surface area (Å²) in [5.41, 5.74) is 2.73. The normalized spacial score (nSPS) is 12.4. The lowest BCUT2D eigenvalue weighted by molar-refractivity contribution is -0.121. The van der Waals surface area contributed by atoms with E-state index in [0.29, 0.717) is 0 Å². The molecule has 0 aliphatic heterocycles. The van der Waals surface area contributed by atoms with Crippen LogP contribution in [0.15, 0.2) is 45.2 Å². The van der Waals surface area contributed by atoms with E-state index in [9.17, 15) is 14.4 Å². The Morgan fingerprint density at radius 2 is 2.12 bits per heavy atom. The van der Waals surface area contributed by atoms with E-state index < -0.39 is 23.2 Å². The molecule has 10 nitrogen and oxygen atoms in total. The molecule has 0 aliphatic carbocycles. The summed E-state index contributed by atoms with van der Waals surface area (Å²) in [6.07, 6.45) is 3.31. The van der Waals surface area contributed by atoms with Crippen LogP contribution in [0, 0.1) is 0 Å². The van der Waals surface area contributed by atoms with E-state index in [-0.39, 0.29) is 5.82 Å². The second-order valence-corrected chi connectivity index (χ2v) is 5.25. The molecule has 5 N–H and O–H groups in total. The molecule has 0 unspecified atom stereocenters. The molecule has 0 saturated carbocycles. The zero-order chi connectivity index (χ0) is 17.8. The highest BCUT2D eigenvalue weighted by molar-refractivity contribution is 5.99. The molecule has 0 bridgehead atoms. The second kappa shape index (κ2) is 6.83. The lowest BCUT2D eigenvalue weighted by Crippen LogP contribution is -2.38. The maximum Gasteiger partial charge on any atom is 0.342 e. The van der Waals surface area contributed by atoms with Crippen LogP contribution in [0.2, 0.25) is 0 Å². The minimum Gasteiger partial charge on any atom is -0.361 e. The van der Waals surface area contributed by atoms with E-state index in [1.165, 1.54) is 13.1 Å². The van der Waals surface area contributed by atoms with E-state index >= 15 is 0 Å². The van der Waals surface area contributed by atoms with Crippen molar-refractivity contribution in [1.82, 2.24) is 25.6 Å². The number of carbonyl (C=O) groups is 1. The summed E-state index contributed by atoms with van der Waals surface area (Å²) >= 11 is 0. The number of hydrogen-bond acceptors (Lipinski definition) is 6. The van der Waals surface area contributed by atoms with Crippen molar-refractivity contribution in [2.45, 2.75) is 13.0 Å². The molecular weight excluding hydrogens is 326 g/mol. The maximum absolute atomic E-state index is 12.0. The number of amides is 1. The molecule has 128 valence electrons. The fraction of sp³-hybridized carbons (Fsp3) is 0.133. The lowest BCUT2D eigenvalue weighted by atomic mass is 10.2. The summed E-state index contributed by atoms with van der Waals surface area (Å²) in [7, 11) is 0. The number of anilines is 1. The number of benzene rings is 1. The number of carbonyl (C=O) groups excluding carboxylic acids is 1. The van der Waals surface area contributed by atoms with Gasteiger partial charge in [-0.3, -0.25) is 14.6 Å². The van der Waals surface area contributed by atoms with Gasteiger partial charge in [0.15, 0.2) is 0 Å². The van der Waals surface area contributed by atoms with Crippen LogP contribution in [-0.4, -0.2) is 38.3 Å². The van der Waals surface area contributed by atoms with Gasteiger partial charge in [0.05, 0.1) is 6.21 Å². The molecule has 0 fully saturated rings. The largest absolute Gasteiger partial charge is 0.361 e. The van der Waals surface area contributed by atoms with Crippen molar-refractivity contribution >= 4 is 28.8 Å². The first-order chi connectivity index (χ1) is 12.0. The van der Waals surface area contributed by atoms with Gasteiger partial charge in [-0.15, -0.1) is 5.10 Å². The van der Waals surface area contributed by atoms with Gasteiger partial charge in [0.2, 0.25) is 5.82 Å². The molecule has 0 aliphatic rings. The molecule has 3 aromatic rings. The molecule has 0 spiro atoms. The van der Waals surface area contributed by atoms with Crippen LogP contribution in [0.1, 0.15) is 12.5 Å². The minimum absolute atomic E-state index is 0.164. The van der Waals surface area contributed by atoms with Gasteiger partial charge in [0, 0.05) is 22.7 Å². The molecule has 1 aromatic carbocycles. The van der Waals surface area contributed by atoms with Crippen molar-refractivity contribution in [2.75, 3.05) is 5.32 Å². The summed E-state index contributed by atoms with van der Waals surface area (Å²) < 4.78 is 0. The fourth-order valence-corrected chi connectivity index (χ4v) is 2.18. The van der Waals surface area contributed by atoms with Gasteiger partial charge in [0.25, 0.3) is 11.5 Å². The van der Waals surface area contributed by atoms with E-state index in [1.54, 1.807) is 6.20 Å². The van der Waals surface area contributed by atoms with E-state index in [1.807, 2.05) is 29.2 Å². The summed E-state index contributed by atoms with van der Waals surface area (Å²) in [5, 5.41) is 13.1. The third-order valence-corrected chi connectivity index (χ3v) is 3.46. The Kier molecular flexibility index (Phi) is 4.42. The van der Waals surface area contributed by atoms with Crippen LogP contribution in [0.25, 0.3) is 10.9 Å². The molecule has 2 aromatic heterocycles. The highest BCUT2D eigenvalue weighted by Crippen LogP contribution is 2.15. The van der Waals surface area contributed by atoms with E-state index in [0.717, 1.165) is 16.5 Å². The predicted molar refractivity (Wildman–Crippen MR) is 92.6 cm³/mol. The first-order valence-electron chi connectivity index (χ1n) is 7.39.